The summed E-state index contributed by atoms with van der Waals surface area (Å²) in [5.41, 5.74) is 0.0147. The quantitative estimate of drug-likeness (QED) is 0.794. The number of hydrogen-bond acceptors (Lipinski definition) is 4. The fourth-order valence-electron chi connectivity index (χ4n) is 3.71. The maximum atomic E-state index is 12.8. The fourth-order valence-corrected chi connectivity index (χ4v) is 3.71. The van der Waals surface area contributed by atoms with Crippen molar-refractivity contribution in [2.75, 3.05) is 26.2 Å². The molecular weight excluding hydrogens is 346 g/mol. The summed E-state index contributed by atoms with van der Waals surface area (Å²) in [6.45, 7) is 4.99. The summed E-state index contributed by atoms with van der Waals surface area (Å²) < 4.78 is 0. The van der Waals surface area contributed by atoms with Crippen molar-refractivity contribution in [2.24, 2.45) is 5.41 Å². The Labute approximate surface area is 158 Å². The number of imide groups is 1. The van der Waals surface area contributed by atoms with E-state index in [1.807, 2.05) is 13.8 Å². The van der Waals surface area contributed by atoms with Gasteiger partial charge in [-0.15, -0.1) is 0 Å². The topological polar surface area (TPSA) is 86.8 Å². The number of fused-ring (bicyclic) bond motifs is 1. The molecule has 1 aromatic rings. The molecule has 7 heteroatoms. The van der Waals surface area contributed by atoms with Crippen LogP contribution in [0, 0.1) is 5.41 Å². The zero-order chi connectivity index (χ0) is 19.6. The molecule has 4 amide bonds. The van der Waals surface area contributed by atoms with E-state index in [-0.39, 0.29) is 18.4 Å². The molecule has 2 aliphatic heterocycles. The third-order valence-electron chi connectivity index (χ3n) is 5.30. The number of nitrogens with zero attached hydrogens (tertiary/aromatic N) is 2. The average Bonchev–Trinajstić information content (AvgIpc) is 2.91. The number of rotatable bonds is 5. The van der Waals surface area contributed by atoms with Gasteiger partial charge in [0.15, 0.2) is 0 Å². The summed E-state index contributed by atoms with van der Waals surface area (Å²) in [6, 6.07) is 6.58. The van der Waals surface area contributed by atoms with Crippen molar-refractivity contribution in [3.8, 4) is 0 Å². The van der Waals surface area contributed by atoms with Crippen LogP contribution in [0.1, 0.15) is 53.8 Å². The third-order valence-corrected chi connectivity index (χ3v) is 5.30. The molecular formula is C20H25N3O4. The van der Waals surface area contributed by atoms with Crippen molar-refractivity contribution in [1.29, 1.82) is 0 Å². The Kier molecular flexibility index (Phi) is 5.30. The van der Waals surface area contributed by atoms with E-state index < -0.39 is 17.2 Å². The van der Waals surface area contributed by atoms with Crippen LogP contribution >= 0.6 is 0 Å². The van der Waals surface area contributed by atoms with Gasteiger partial charge in [-0.3, -0.25) is 24.1 Å². The van der Waals surface area contributed by atoms with Gasteiger partial charge in [-0.1, -0.05) is 19.1 Å². The van der Waals surface area contributed by atoms with Crippen molar-refractivity contribution < 1.29 is 19.2 Å². The number of likely N-dealkylation sites (tertiary alicyclic amines) is 1. The molecule has 1 saturated heterocycles. The Morgan fingerprint density at radius 2 is 1.78 bits per heavy atom. The monoisotopic (exact) mass is 371 g/mol. The second-order valence-corrected chi connectivity index (χ2v) is 7.48. The zero-order valence-corrected chi connectivity index (χ0v) is 15.8. The van der Waals surface area contributed by atoms with Gasteiger partial charge in [-0.25, -0.2) is 0 Å². The van der Waals surface area contributed by atoms with E-state index in [2.05, 4.69) is 5.32 Å². The van der Waals surface area contributed by atoms with Gasteiger partial charge >= 0.3 is 0 Å². The largest absolute Gasteiger partial charge is 0.356 e. The lowest BCUT2D eigenvalue weighted by atomic mass is 9.81. The number of amides is 4. The first-order valence-corrected chi connectivity index (χ1v) is 9.38. The van der Waals surface area contributed by atoms with Crippen molar-refractivity contribution >= 4 is 23.6 Å². The molecule has 2 aliphatic rings. The van der Waals surface area contributed by atoms with Crippen LogP contribution in [-0.2, 0) is 9.59 Å². The van der Waals surface area contributed by atoms with Gasteiger partial charge in [0, 0.05) is 19.6 Å². The van der Waals surface area contributed by atoms with E-state index in [4.69, 9.17) is 0 Å². The van der Waals surface area contributed by atoms with Crippen LogP contribution in [0.25, 0.3) is 0 Å². The normalized spacial score (nSPS) is 22.0. The molecule has 1 fully saturated rings. The average molecular weight is 371 g/mol. The second-order valence-electron chi connectivity index (χ2n) is 7.48. The standard InChI is InChI=1S/C20H25N3O4/c1-3-10-21-19(27)20(2)9-6-11-22(13-20)16(24)12-23-17(25)14-7-4-5-8-15(14)18(23)26/h4-5,7-8H,3,6,9-13H2,1-2H3,(H,21,27). The molecule has 27 heavy (non-hydrogen) atoms. The Bertz CT molecular complexity index is 756. The van der Waals surface area contributed by atoms with E-state index in [0.29, 0.717) is 43.6 Å². The highest BCUT2D eigenvalue weighted by Crippen LogP contribution is 2.30. The molecule has 0 bridgehead atoms. The molecule has 1 unspecified atom stereocenters. The van der Waals surface area contributed by atoms with Gasteiger partial charge < -0.3 is 10.2 Å². The third kappa shape index (κ3) is 3.59. The number of nitrogens with one attached hydrogen (secondary N) is 1. The molecule has 1 N–H and O–H groups in total. The number of piperidine rings is 1. The number of carbonyl (C=O) groups is 4. The predicted octanol–water partition coefficient (Wildman–Crippen LogP) is 1.44. The maximum absolute atomic E-state index is 12.8. The Morgan fingerprint density at radius 1 is 1.15 bits per heavy atom. The molecule has 0 saturated carbocycles. The molecule has 0 aliphatic carbocycles. The summed E-state index contributed by atoms with van der Waals surface area (Å²) in [7, 11) is 0. The minimum absolute atomic E-state index is 0.0532. The van der Waals surface area contributed by atoms with E-state index in [1.165, 1.54) is 0 Å². The summed E-state index contributed by atoms with van der Waals surface area (Å²) in [4.78, 5) is 52.7. The predicted molar refractivity (Wildman–Crippen MR) is 99.0 cm³/mol. The molecule has 1 atom stereocenters. The first-order valence-electron chi connectivity index (χ1n) is 9.38. The summed E-state index contributed by atoms with van der Waals surface area (Å²) in [5.74, 6) is -1.24. The van der Waals surface area contributed by atoms with Crippen molar-refractivity contribution in [3.63, 3.8) is 0 Å². The highest BCUT2D eigenvalue weighted by Gasteiger charge is 2.41. The van der Waals surface area contributed by atoms with E-state index in [1.54, 1.807) is 29.2 Å². The van der Waals surface area contributed by atoms with Gasteiger partial charge in [0.25, 0.3) is 11.8 Å². The lowest BCUT2D eigenvalue weighted by Gasteiger charge is -2.39. The molecule has 7 nitrogen and oxygen atoms in total. The molecule has 0 aromatic heterocycles. The highest BCUT2D eigenvalue weighted by atomic mass is 16.2. The minimum Gasteiger partial charge on any atom is -0.356 e. The molecule has 1 aromatic carbocycles. The Morgan fingerprint density at radius 3 is 2.37 bits per heavy atom. The molecule has 0 spiro atoms. The molecule has 0 radical (unpaired) electrons. The van der Waals surface area contributed by atoms with Gasteiger partial charge in [0.2, 0.25) is 11.8 Å². The maximum Gasteiger partial charge on any atom is 0.262 e. The smallest absolute Gasteiger partial charge is 0.262 e. The van der Waals surface area contributed by atoms with Crippen LogP contribution in [0.4, 0.5) is 0 Å². The van der Waals surface area contributed by atoms with Crippen molar-refractivity contribution in [2.45, 2.75) is 33.1 Å². The first-order chi connectivity index (χ1) is 12.9. The summed E-state index contributed by atoms with van der Waals surface area (Å²) >= 11 is 0. The van der Waals surface area contributed by atoms with Gasteiger partial charge in [0.05, 0.1) is 16.5 Å². The van der Waals surface area contributed by atoms with Gasteiger partial charge in [-0.2, -0.15) is 0 Å². The fraction of sp³-hybridized carbons (Fsp3) is 0.500. The van der Waals surface area contributed by atoms with Crippen molar-refractivity contribution in [1.82, 2.24) is 15.1 Å². The van der Waals surface area contributed by atoms with E-state index in [0.717, 1.165) is 11.3 Å². The molecule has 144 valence electrons. The lowest BCUT2D eigenvalue weighted by Crippen LogP contribution is -2.54. The Balaban J connectivity index is 1.67. The van der Waals surface area contributed by atoms with Crippen LogP contribution < -0.4 is 5.32 Å². The molecule has 3 rings (SSSR count). The summed E-state index contributed by atoms with van der Waals surface area (Å²) in [6.07, 6.45) is 2.27. The van der Waals surface area contributed by atoms with Crippen LogP contribution in [0.5, 0.6) is 0 Å². The van der Waals surface area contributed by atoms with Crippen LogP contribution in [-0.4, -0.2) is 59.6 Å². The van der Waals surface area contributed by atoms with Crippen LogP contribution in [0.15, 0.2) is 24.3 Å². The van der Waals surface area contributed by atoms with Crippen LogP contribution in [0.3, 0.4) is 0 Å². The first kappa shape index (κ1) is 19.1. The zero-order valence-electron chi connectivity index (χ0n) is 15.8. The molecule has 2 heterocycles. The van der Waals surface area contributed by atoms with E-state index in [9.17, 15) is 19.2 Å². The van der Waals surface area contributed by atoms with E-state index >= 15 is 0 Å². The number of benzene rings is 1. The SMILES string of the molecule is CCCNC(=O)C1(C)CCCN(C(=O)CN2C(=O)c3ccccc3C2=O)C1. The number of carbonyl (C=O) groups excluding carboxylic acids is 4. The number of hydrogen-bond donors (Lipinski definition) is 1. The summed E-state index contributed by atoms with van der Waals surface area (Å²) in [5, 5.41) is 2.91. The Hall–Kier alpha value is -2.70. The van der Waals surface area contributed by atoms with Crippen LogP contribution in [0.2, 0.25) is 0 Å². The highest BCUT2D eigenvalue weighted by molar-refractivity contribution is 6.22. The lowest BCUT2D eigenvalue weighted by molar-refractivity contribution is -0.140. The van der Waals surface area contributed by atoms with Crippen molar-refractivity contribution in [3.05, 3.63) is 35.4 Å². The van der Waals surface area contributed by atoms with Gasteiger partial charge in [0.1, 0.15) is 6.54 Å². The second kappa shape index (κ2) is 7.50. The minimum atomic E-state index is -0.648. The van der Waals surface area contributed by atoms with Gasteiger partial charge in [-0.05, 0) is 38.3 Å².